The molecule has 2 atom stereocenters. The first-order chi connectivity index (χ1) is 18.7. The van der Waals surface area contributed by atoms with Gasteiger partial charge in [0.25, 0.3) is 0 Å². The van der Waals surface area contributed by atoms with Crippen molar-refractivity contribution in [2.45, 2.75) is 57.7 Å². The van der Waals surface area contributed by atoms with Crippen LogP contribution in [0, 0.1) is 11.6 Å². The van der Waals surface area contributed by atoms with E-state index < -0.39 is 17.2 Å². The number of nitrogens with zero attached hydrogens (tertiary/aromatic N) is 8. The summed E-state index contributed by atoms with van der Waals surface area (Å²) in [6.07, 6.45) is 7.30. The summed E-state index contributed by atoms with van der Waals surface area (Å²) in [5, 5.41) is 13.1. The van der Waals surface area contributed by atoms with E-state index in [2.05, 4.69) is 15.4 Å². The molecule has 0 N–H and O–H groups in total. The van der Waals surface area contributed by atoms with Gasteiger partial charge in [-0.2, -0.15) is 5.10 Å². The van der Waals surface area contributed by atoms with Crippen molar-refractivity contribution in [1.82, 2.24) is 34.5 Å². The van der Waals surface area contributed by atoms with Crippen LogP contribution in [0.4, 0.5) is 19.4 Å². The topological polar surface area (TPSA) is 93.7 Å². The number of fused-ring (bicyclic) bond motifs is 1. The first-order valence-electron chi connectivity index (χ1n) is 13.1. The van der Waals surface area contributed by atoms with E-state index in [1.165, 1.54) is 12.1 Å². The molecule has 2 aliphatic rings. The second-order valence-electron chi connectivity index (χ2n) is 11.1. The van der Waals surface area contributed by atoms with E-state index >= 15 is 0 Å². The fourth-order valence-electron chi connectivity index (χ4n) is 5.36. The minimum absolute atomic E-state index is 0.0179. The molecule has 2 saturated heterocycles. The Kier molecular flexibility index (Phi) is 6.19. The number of likely N-dealkylation sites (tertiary alicyclic amines) is 1. The maximum absolute atomic E-state index is 14.6. The number of hydrogen-bond acceptors (Lipinski definition) is 7. The first-order valence-corrected chi connectivity index (χ1v) is 13.1. The monoisotopic (exact) mass is 536 g/mol. The molecule has 10 nitrogen and oxygen atoms in total. The highest BCUT2D eigenvalue weighted by atomic mass is 19.1. The highest BCUT2D eigenvalue weighted by Gasteiger charge is 2.32. The van der Waals surface area contributed by atoms with Gasteiger partial charge in [0, 0.05) is 31.4 Å². The van der Waals surface area contributed by atoms with E-state index in [0.29, 0.717) is 54.3 Å². The Morgan fingerprint density at radius 3 is 2.79 bits per heavy atom. The molecule has 2 fully saturated rings. The molecule has 0 saturated carbocycles. The number of halogens is 2. The third-order valence-corrected chi connectivity index (χ3v) is 7.19. The van der Waals surface area contributed by atoms with E-state index in [1.54, 1.807) is 26.5 Å². The van der Waals surface area contributed by atoms with Gasteiger partial charge in [-0.1, -0.05) is 5.21 Å². The summed E-state index contributed by atoms with van der Waals surface area (Å²) in [6.45, 7) is 7.30. The number of aromatic nitrogens is 6. The summed E-state index contributed by atoms with van der Waals surface area (Å²) in [7, 11) is 0. The lowest BCUT2D eigenvalue weighted by atomic mass is 10.0. The number of rotatable bonds is 4. The molecule has 1 aromatic carbocycles. The van der Waals surface area contributed by atoms with Gasteiger partial charge in [-0.05, 0) is 64.3 Å². The van der Waals surface area contributed by atoms with Crippen LogP contribution in [0.5, 0.6) is 0 Å². The van der Waals surface area contributed by atoms with Crippen molar-refractivity contribution in [3.63, 3.8) is 0 Å². The number of hydrogen-bond donors (Lipinski definition) is 0. The molecule has 0 aliphatic carbocycles. The summed E-state index contributed by atoms with van der Waals surface area (Å²) >= 11 is 0. The van der Waals surface area contributed by atoms with Gasteiger partial charge in [0.15, 0.2) is 5.65 Å². The molecular formula is C27H30F2N8O2. The number of ether oxygens (including phenoxy) is 1. The van der Waals surface area contributed by atoms with Crippen LogP contribution in [-0.4, -0.2) is 65.8 Å². The smallest absolute Gasteiger partial charge is 0.410 e. The molecule has 204 valence electrons. The number of carbonyl (C=O) groups is 1. The van der Waals surface area contributed by atoms with Gasteiger partial charge in [0.2, 0.25) is 0 Å². The first kappa shape index (κ1) is 25.2. The molecule has 0 radical (unpaired) electrons. The zero-order chi connectivity index (χ0) is 27.3. The number of amides is 1. The zero-order valence-electron chi connectivity index (χ0n) is 22.1. The molecule has 12 heteroatoms. The standard InChI is InChI=1S/C27H30F2N8O2/c1-27(2,3)39-26(38)34-11-8-18(15-34)37-16-22(32-33-37)20-14-30-36-12-9-24(31-25(20)36)35-10-4-5-23(35)19-13-17(28)6-7-21(19)29/h6-7,9,12-14,16,18,23H,4-5,8,10-11,15H2,1-3H3/t18?,23-/m1/s1. The zero-order valence-corrected chi connectivity index (χ0v) is 22.1. The van der Waals surface area contributed by atoms with Gasteiger partial charge in [-0.25, -0.2) is 27.8 Å². The fourth-order valence-corrected chi connectivity index (χ4v) is 5.36. The third kappa shape index (κ3) is 4.90. The average Bonchev–Trinajstić information content (AvgIpc) is 3.69. The van der Waals surface area contributed by atoms with E-state index in [-0.39, 0.29) is 18.2 Å². The van der Waals surface area contributed by atoms with E-state index in [9.17, 15) is 13.6 Å². The molecule has 3 aromatic heterocycles. The Morgan fingerprint density at radius 1 is 1.13 bits per heavy atom. The Labute approximate surface area is 224 Å². The average molecular weight is 537 g/mol. The van der Waals surface area contributed by atoms with Crippen LogP contribution in [0.2, 0.25) is 0 Å². The molecule has 0 spiro atoms. The minimum Gasteiger partial charge on any atom is -0.444 e. The molecule has 6 rings (SSSR count). The van der Waals surface area contributed by atoms with Gasteiger partial charge in [-0.3, -0.25) is 0 Å². The molecular weight excluding hydrogens is 506 g/mol. The maximum Gasteiger partial charge on any atom is 0.410 e. The van der Waals surface area contributed by atoms with Gasteiger partial charge >= 0.3 is 6.09 Å². The Hall–Kier alpha value is -4.09. The third-order valence-electron chi connectivity index (χ3n) is 7.19. The number of anilines is 1. The molecule has 1 unspecified atom stereocenters. The lowest BCUT2D eigenvalue weighted by molar-refractivity contribution is 0.0288. The van der Waals surface area contributed by atoms with Crippen molar-refractivity contribution in [3.8, 4) is 11.3 Å². The van der Waals surface area contributed by atoms with Crippen LogP contribution in [0.15, 0.2) is 42.9 Å². The molecule has 1 amide bonds. The maximum atomic E-state index is 14.6. The van der Waals surface area contributed by atoms with Crippen LogP contribution in [0.3, 0.4) is 0 Å². The summed E-state index contributed by atoms with van der Waals surface area (Å²) in [5.41, 5.74) is 1.69. The van der Waals surface area contributed by atoms with Gasteiger partial charge in [-0.15, -0.1) is 5.10 Å². The second-order valence-corrected chi connectivity index (χ2v) is 11.1. The summed E-state index contributed by atoms with van der Waals surface area (Å²) in [5.74, 6) is -0.223. The van der Waals surface area contributed by atoms with Crippen molar-refractivity contribution < 1.29 is 18.3 Å². The van der Waals surface area contributed by atoms with Gasteiger partial charge in [0.05, 0.1) is 30.0 Å². The van der Waals surface area contributed by atoms with Crippen LogP contribution in [-0.2, 0) is 4.74 Å². The summed E-state index contributed by atoms with van der Waals surface area (Å²) < 4.78 is 37.5. The van der Waals surface area contributed by atoms with Crippen molar-refractivity contribution >= 4 is 17.6 Å². The highest BCUT2D eigenvalue weighted by Crippen LogP contribution is 2.37. The number of carbonyl (C=O) groups excluding carboxylic acids is 1. The summed E-state index contributed by atoms with van der Waals surface area (Å²) in [6, 6.07) is 5.09. The van der Waals surface area contributed by atoms with Crippen LogP contribution in [0.25, 0.3) is 16.9 Å². The lowest BCUT2D eigenvalue weighted by Gasteiger charge is -2.26. The predicted octanol–water partition coefficient (Wildman–Crippen LogP) is 4.79. The largest absolute Gasteiger partial charge is 0.444 e. The molecule has 5 heterocycles. The molecule has 0 bridgehead atoms. The van der Waals surface area contributed by atoms with Gasteiger partial charge in [0.1, 0.15) is 28.7 Å². The Morgan fingerprint density at radius 2 is 1.97 bits per heavy atom. The normalized spacial score (nSPS) is 19.8. The molecule has 2 aliphatic heterocycles. The van der Waals surface area contributed by atoms with E-state index in [0.717, 1.165) is 18.9 Å². The van der Waals surface area contributed by atoms with Crippen molar-refractivity contribution in [2.75, 3.05) is 24.5 Å². The SMILES string of the molecule is CC(C)(C)OC(=O)N1CCC(n2cc(-c3cnn4ccc(N5CCC[C@@H]5c5cc(F)ccc5F)nc34)nn2)C1. The van der Waals surface area contributed by atoms with E-state index in [1.807, 2.05) is 37.9 Å². The van der Waals surface area contributed by atoms with Crippen molar-refractivity contribution in [1.29, 1.82) is 0 Å². The van der Waals surface area contributed by atoms with Crippen molar-refractivity contribution in [3.05, 3.63) is 60.1 Å². The molecule has 39 heavy (non-hydrogen) atoms. The Bertz CT molecular complexity index is 1530. The van der Waals surface area contributed by atoms with Crippen LogP contribution in [0.1, 0.15) is 57.7 Å². The number of benzene rings is 1. The fraction of sp³-hybridized carbons (Fsp3) is 0.444. The quantitative estimate of drug-likeness (QED) is 0.370. The lowest BCUT2D eigenvalue weighted by Crippen LogP contribution is -2.35. The van der Waals surface area contributed by atoms with Crippen LogP contribution < -0.4 is 4.90 Å². The Balaban J connectivity index is 1.24. The van der Waals surface area contributed by atoms with Crippen LogP contribution >= 0.6 is 0 Å². The predicted molar refractivity (Wildman–Crippen MR) is 139 cm³/mol. The molecule has 4 aromatic rings. The van der Waals surface area contributed by atoms with Crippen molar-refractivity contribution in [2.24, 2.45) is 0 Å². The minimum atomic E-state index is -0.550. The van der Waals surface area contributed by atoms with E-state index in [4.69, 9.17) is 9.72 Å². The summed E-state index contributed by atoms with van der Waals surface area (Å²) in [4.78, 5) is 21.0. The van der Waals surface area contributed by atoms with Gasteiger partial charge < -0.3 is 14.5 Å². The highest BCUT2D eigenvalue weighted by molar-refractivity contribution is 5.75. The second kappa shape index (κ2) is 9.58.